The maximum atomic E-state index is 13.2. The predicted molar refractivity (Wildman–Crippen MR) is 106 cm³/mol. The molecule has 1 saturated heterocycles. The highest BCUT2D eigenvalue weighted by atomic mass is 35.5. The first-order valence-corrected chi connectivity index (χ1v) is 9.91. The van der Waals surface area contributed by atoms with Crippen LogP contribution in [0.25, 0.3) is 10.9 Å². The number of carbonyl (C=O) groups excluding carboxylic acids is 2. The van der Waals surface area contributed by atoms with Crippen molar-refractivity contribution in [2.24, 2.45) is 5.92 Å². The third-order valence-corrected chi connectivity index (χ3v) is 6.69. The summed E-state index contributed by atoms with van der Waals surface area (Å²) < 4.78 is 0. The average Bonchev–Trinajstić information content (AvgIpc) is 2.87. The molecule has 142 valence electrons. The smallest absolute Gasteiger partial charge is 0.323 e. The minimum Gasteiger partial charge on any atom is -0.323 e. The van der Waals surface area contributed by atoms with E-state index in [9.17, 15) is 9.59 Å². The van der Waals surface area contributed by atoms with Crippen LogP contribution in [-0.4, -0.2) is 27.4 Å². The molecule has 2 atom stereocenters. The van der Waals surface area contributed by atoms with Gasteiger partial charge in [-0.3, -0.25) is 9.69 Å². The number of aromatic nitrogens is 1. The lowest BCUT2D eigenvalue weighted by atomic mass is 9.73. The van der Waals surface area contributed by atoms with Crippen molar-refractivity contribution in [3.63, 3.8) is 0 Å². The number of benzene rings is 1. The van der Waals surface area contributed by atoms with Crippen LogP contribution in [-0.2, 0) is 11.3 Å². The first-order chi connectivity index (χ1) is 12.8. The summed E-state index contributed by atoms with van der Waals surface area (Å²) in [5.74, 6) is 0.0134. The number of rotatable bonds is 2. The summed E-state index contributed by atoms with van der Waals surface area (Å²) in [5, 5.41) is 4.29. The Kier molecular flexibility index (Phi) is 4.38. The molecule has 1 aromatic carbocycles. The number of aryl methyl sites for hydroxylation is 2. The summed E-state index contributed by atoms with van der Waals surface area (Å²) in [4.78, 5) is 31.6. The Morgan fingerprint density at radius 1 is 1.30 bits per heavy atom. The van der Waals surface area contributed by atoms with Crippen molar-refractivity contribution in [1.82, 2.24) is 15.2 Å². The van der Waals surface area contributed by atoms with E-state index in [-0.39, 0.29) is 24.4 Å². The van der Waals surface area contributed by atoms with Gasteiger partial charge in [0.2, 0.25) is 0 Å². The van der Waals surface area contributed by atoms with Gasteiger partial charge < -0.3 is 5.32 Å². The number of nitrogens with zero attached hydrogens (tertiary/aromatic N) is 2. The van der Waals surface area contributed by atoms with Crippen LogP contribution < -0.4 is 5.32 Å². The van der Waals surface area contributed by atoms with Crippen LogP contribution in [0.1, 0.15) is 49.3 Å². The van der Waals surface area contributed by atoms with E-state index in [0.29, 0.717) is 17.1 Å². The standard InChI is InChI=1S/C21H24ClN3O2/c1-12-7-8-15-10-16(18(22)23-17(15)14(12)3)11-25-19(26)21(24-20(25)27)9-5-4-6-13(21)2/h7-8,10,13H,4-6,9,11H2,1-3H3,(H,24,27)/t13-,21+/m0/s1. The number of imide groups is 1. The topological polar surface area (TPSA) is 62.3 Å². The number of hydrogen-bond donors (Lipinski definition) is 1. The number of amides is 3. The van der Waals surface area contributed by atoms with Crippen LogP contribution in [0, 0.1) is 19.8 Å². The lowest BCUT2D eigenvalue weighted by Crippen LogP contribution is -2.53. The maximum absolute atomic E-state index is 13.2. The molecule has 2 heterocycles. The number of hydrogen-bond acceptors (Lipinski definition) is 3. The third-order valence-electron chi connectivity index (χ3n) is 6.37. The minimum absolute atomic E-state index is 0.129. The molecule has 2 fully saturated rings. The largest absolute Gasteiger partial charge is 0.325 e. The second kappa shape index (κ2) is 6.48. The van der Waals surface area contributed by atoms with Gasteiger partial charge in [0.1, 0.15) is 10.7 Å². The van der Waals surface area contributed by atoms with Crippen molar-refractivity contribution in [3.05, 3.63) is 40.0 Å². The summed E-state index contributed by atoms with van der Waals surface area (Å²) >= 11 is 6.43. The SMILES string of the molecule is Cc1ccc2cc(CN3C(=O)N[C@@]4(CCCC[C@@H]4C)C3=O)c(Cl)nc2c1C. The van der Waals surface area contributed by atoms with Crippen molar-refractivity contribution in [3.8, 4) is 0 Å². The van der Waals surface area contributed by atoms with E-state index < -0.39 is 5.54 Å². The Hall–Kier alpha value is -2.14. The Morgan fingerprint density at radius 2 is 2.07 bits per heavy atom. The zero-order chi connectivity index (χ0) is 19.3. The highest BCUT2D eigenvalue weighted by molar-refractivity contribution is 6.30. The molecule has 1 saturated carbocycles. The van der Waals surface area contributed by atoms with Crippen molar-refractivity contribution in [2.75, 3.05) is 0 Å². The van der Waals surface area contributed by atoms with Gasteiger partial charge in [-0.25, -0.2) is 9.78 Å². The normalized spacial score (nSPS) is 25.5. The molecule has 27 heavy (non-hydrogen) atoms. The monoisotopic (exact) mass is 385 g/mol. The Balaban J connectivity index is 1.68. The predicted octanol–water partition coefficient (Wildman–Crippen LogP) is 4.51. The number of fused-ring (bicyclic) bond motifs is 1. The molecule has 0 unspecified atom stereocenters. The molecule has 1 spiro atoms. The number of halogens is 1. The molecule has 0 radical (unpaired) electrons. The zero-order valence-electron chi connectivity index (χ0n) is 15.9. The first kappa shape index (κ1) is 18.2. The van der Waals surface area contributed by atoms with Crippen LogP contribution in [0.4, 0.5) is 4.79 Å². The van der Waals surface area contributed by atoms with Gasteiger partial charge >= 0.3 is 6.03 Å². The van der Waals surface area contributed by atoms with E-state index in [1.54, 1.807) is 0 Å². The molecule has 1 aromatic heterocycles. The number of pyridine rings is 1. The quantitative estimate of drug-likeness (QED) is 0.611. The molecule has 5 nitrogen and oxygen atoms in total. The molecule has 6 heteroatoms. The molecular weight excluding hydrogens is 362 g/mol. The lowest BCUT2D eigenvalue weighted by Gasteiger charge is -2.36. The van der Waals surface area contributed by atoms with Crippen molar-refractivity contribution < 1.29 is 9.59 Å². The molecule has 4 rings (SSSR count). The molecule has 1 N–H and O–H groups in total. The van der Waals surface area contributed by atoms with Gasteiger partial charge in [0, 0.05) is 10.9 Å². The van der Waals surface area contributed by atoms with Crippen LogP contribution >= 0.6 is 11.6 Å². The molecule has 0 bridgehead atoms. The minimum atomic E-state index is -0.750. The van der Waals surface area contributed by atoms with Gasteiger partial charge in [-0.1, -0.05) is 43.5 Å². The fourth-order valence-corrected chi connectivity index (χ4v) is 4.62. The van der Waals surface area contributed by atoms with Crippen molar-refractivity contribution in [2.45, 2.75) is 58.5 Å². The third kappa shape index (κ3) is 2.80. The Morgan fingerprint density at radius 3 is 2.81 bits per heavy atom. The van der Waals surface area contributed by atoms with Crippen LogP contribution in [0.5, 0.6) is 0 Å². The van der Waals surface area contributed by atoms with Gasteiger partial charge in [-0.15, -0.1) is 0 Å². The summed E-state index contributed by atoms with van der Waals surface area (Å²) in [6, 6.07) is 5.65. The second-order valence-electron chi connectivity index (χ2n) is 7.96. The maximum Gasteiger partial charge on any atom is 0.325 e. The van der Waals surface area contributed by atoms with E-state index in [1.165, 1.54) is 4.90 Å². The summed E-state index contributed by atoms with van der Waals surface area (Å²) in [7, 11) is 0. The Labute approximate surface area is 164 Å². The van der Waals surface area contributed by atoms with Gasteiger partial charge in [0.25, 0.3) is 5.91 Å². The zero-order valence-corrected chi connectivity index (χ0v) is 16.7. The van der Waals surface area contributed by atoms with E-state index in [1.807, 2.05) is 32.0 Å². The van der Waals surface area contributed by atoms with Gasteiger partial charge in [-0.2, -0.15) is 0 Å². The van der Waals surface area contributed by atoms with Crippen LogP contribution in [0.15, 0.2) is 18.2 Å². The summed E-state index contributed by atoms with van der Waals surface area (Å²) in [5.41, 5.74) is 3.04. The molecule has 3 amide bonds. The average molecular weight is 386 g/mol. The van der Waals surface area contributed by atoms with E-state index in [4.69, 9.17) is 11.6 Å². The van der Waals surface area contributed by atoms with Crippen molar-refractivity contribution >= 4 is 34.4 Å². The van der Waals surface area contributed by atoms with E-state index in [2.05, 4.69) is 17.2 Å². The molecule has 2 aromatic rings. The summed E-state index contributed by atoms with van der Waals surface area (Å²) in [6.07, 6.45) is 3.72. The van der Waals surface area contributed by atoms with Crippen LogP contribution in [0.3, 0.4) is 0 Å². The molecule has 1 aliphatic carbocycles. The van der Waals surface area contributed by atoms with Gasteiger partial charge in [0.15, 0.2) is 0 Å². The highest BCUT2D eigenvalue weighted by Crippen LogP contribution is 2.39. The molecule has 1 aliphatic heterocycles. The number of urea groups is 1. The Bertz CT molecular complexity index is 958. The fraction of sp³-hybridized carbons (Fsp3) is 0.476. The van der Waals surface area contributed by atoms with Crippen molar-refractivity contribution in [1.29, 1.82) is 0 Å². The summed E-state index contributed by atoms with van der Waals surface area (Å²) in [6.45, 7) is 6.26. The molecular formula is C21H24ClN3O2. The number of carbonyl (C=O) groups is 2. The van der Waals surface area contributed by atoms with E-state index >= 15 is 0 Å². The number of nitrogens with one attached hydrogen (secondary N) is 1. The lowest BCUT2D eigenvalue weighted by molar-refractivity contribution is -0.134. The van der Waals surface area contributed by atoms with Gasteiger partial charge in [0.05, 0.1) is 12.1 Å². The fourth-order valence-electron chi connectivity index (χ4n) is 4.42. The highest BCUT2D eigenvalue weighted by Gasteiger charge is 2.54. The van der Waals surface area contributed by atoms with E-state index in [0.717, 1.165) is 41.3 Å². The second-order valence-corrected chi connectivity index (χ2v) is 8.32. The first-order valence-electron chi connectivity index (χ1n) is 9.53. The molecule has 2 aliphatic rings. The van der Waals surface area contributed by atoms with Crippen LogP contribution in [0.2, 0.25) is 5.15 Å². The van der Waals surface area contributed by atoms with Gasteiger partial charge in [-0.05, 0) is 49.8 Å².